The van der Waals surface area contributed by atoms with Crippen molar-refractivity contribution in [3.63, 3.8) is 0 Å². The zero-order valence-electron chi connectivity index (χ0n) is 9.37. The molecule has 1 N–H and O–H groups in total. The molecule has 3 nitrogen and oxygen atoms in total. The van der Waals surface area contributed by atoms with Crippen molar-refractivity contribution < 1.29 is 14.6 Å². The van der Waals surface area contributed by atoms with Crippen LogP contribution in [0.3, 0.4) is 0 Å². The molecule has 0 saturated heterocycles. The molecule has 3 heteroatoms. The van der Waals surface area contributed by atoms with Crippen LogP contribution in [0.15, 0.2) is 11.6 Å². The summed E-state index contributed by atoms with van der Waals surface area (Å²) in [5, 5.41) is 9.48. The highest BCUT2D eigenvalue weighted by molar-refractivity contribution is 5.74. The average Bonchev–Trinajstić information content (AvgIpc) is 2.27. The highest BCUT2D eigenvalue weighted by Gasteiger charge is 2.16. The summed E-state index contributed by atoms with van der Waals surface area (Å²) >= 11 is 0. The molecular weight excluding hydrogens is 192 g/mol. The predicted molar refractivity (Wildman–Crippen MR) is 58.4 cm³/mol. The standard InChI is InChI=1S/C12H20O3/c1-2-15-12(14)11(13)9-8-10-6-4-3-5-7-10/h6,11,13H,2-5,7-9H2,1H3. The summed E-state index contributed by atoms with van der Waals surface area (Å²) in [6, 6.07) is 0. The molecule has 0 saturated carbocycles. The summed E-state index contributed by atoms with van der Waals surface area (Å²) < 4.78 is 4.74. The van der Waals surface area contributed by atoms with E-state index in [9.17, 15) is 9.90 Å². The second-order valence-electron chi connectivity index (χ2n) is 3.91. The zero-order chi connectivity index (χ0) is 11.1. The quantitative estimate of drug-likeness (QED) is 0.561. The van der Waals surface area contributed by atoms with Gasteiger partial charge in [0.15, 0.2) is 6.10 Å². The molecule has 0 bridgehead atoms. The first-order valence-electron chi connectivity index (χ1n) is 5.76. The molecule has 0 fully saturated rings. The predicted octanol–water partition coefficient (Wildman–Crippen LogP) is 2.19. The fourth-order valence-electron chi connectivity index (χ4n) is 1.81. The Bertz CT molecular complexity index is 233. The van der Waals surface area contributed by atoms with E-state index in [-0.39, 0.29) is 0 Å². The van der Waals surface area contributed by atoms with Crippen LogP contribution in [0, 0.1) is 0 Å². The Morgan fingerprint density at radius 3 is 3.00 bits per heavy atom. The summed E-state index contributed by atoms with van der Waals surface area (Å²) in [5.41, 5.74) is 1.38. The minimum absolute atomic E-state index is 0.332. The van der Waals surface area contributed by atoms with Gasteiger partial charge in [-0.05, 0) is 45.4 Å². The van der Waals surface area contributed by atoms with E-state index in [4.69, 9.17) is 4.74 Å². The molecule has 0 radical (unpaired) electrons. The number of hydrogen-bond acceptors (Lipinski definition) is 3. The lowest BCUT2D eigenvalue weighted by Gasteiger charge is -2.14. The van der Waals surface area contributed by atoms with Crippen molar-refractivity contribution in [1.29, 1.82) is 0 Å². The highest BCUT2D eigenvalue weighted by atomic mass is 16.5. The molecular formula is C12H20O3. The number of aliphatic hydroxyl groups is 1. The summed E-state index contributed by atoms with van der Waals surface area (Å²) in [6.45, 7) is 2.08. The number of allylic oxidation sites excluding steroid dienone is 2. The summed E-state index contributed by atoms with van der Waals surface area (Å²) in [7, 11) is 0. The van der Waals surface area contributed by atoms with Crippen LogP contribution in [-0.4, -0.2) is 23.8 Å². The average molecular weight is 212 g/mol. The molecule has 0 amide bonds. The third-order valence-corrected chi connectivity index (χ3v) is 2.68. The Kier molecular flexibility index (Phi) is 5.40. The molecule has 0 heterocycles. The number of aliphatic hydroxyl groups excluding tert-OH is 1. The second-order valence-corrected chi connectivity index (χ2v) is 3.91. The van der Waals surface area contributed by atoms with Gasteiger partial charge in [-0.3, -0.25) is 0 Å². The van der Waals surface area contributed by atoms with E-state index in [1.165, 1.54) is 18.4 Å². The molecule has 0 aromatic rings. The zero-order valence-corrected chi connectivity index (χ0v) is 9.37. The summed E-state index contributed by atoms with van der Waals surface area (Å²) in [6.07, 6.45) is 7.37. The van der Waals surface area contributed by atoms with Gasteiger partial charge in [0.2, 0.25) is 0 Å². The number of esters is 1. The Labute approximate surface area is 91.1 Å². The van der Waals surface area contributed by atoms with E-state index in [0.717, 1.165) is 19.3 Å². The normalized spacial score (nSPS) is 18.1. The first-order chi connectivity index (χ1) is 7.24. The van der Waals surface area contributed by atoms with E-state index in [2.05, 4.69) is 6.08 Å². The Morgan fingerprint density at radius 2 is 2.40 bits per heavy atom. The minimum atomic E-state index is -0.951. The Morgan fingerprint density at radius 1 is 1.60 bits per heavy atom. The number of hydrogen-bond donors (Lipinski definition) is 1. The van der Waals surface area contributed by atoms with Gasteiger partial charge < -0.3 is 9.84 Å². The molecule has 1 aliphatic rings. The van der Waals surface area contributed by atoms with E-state index in [1.807, 2.05) is 0 Å². The highest BCUT2D eigenvalue weighted by Crippen LogP contribution is 2.21. The van der Waals surface area contributed by atoms with E-state index in [1.54, 1.807) is 6.92 Å². The van der Waals surface area contributed by atoms with Crippen LogP contribution in [0.1, 0.15) is 45.4 Å². The lowest BCUT2D eigenvalue weighted by atomic mass is 9.95. The largest absolute Gasteiger partial charge is 0.464 e. The SMILES string of the molecule is CCOC(=O)C(O)CCC1=CCCCC1. The number of ether oxygens (including phenoxy) is 1. The third-order valence-electron chi connectivity index (χ3n) is 2.68. The monoisotopic (exact) mass is 212 g/mol. The van der Waals surface area contributed by atoms with Crippen molar-refractivity contribution in [2.24, 2.45) is 0 Å². The maximum Gasteiger partial charge on any atom is 0.334 e. The Balaban J connectivity index is 2.23. The molecule has 0 aliphatic heterocycles. The number of carbonyl (C=O) groups is 1. The molecule has 0 spiro atoms. The first-order valence-corrected chi connectivity index (χ1v) is 5.76. The number of carbonyl (C=O) groups excluding carboxylic acids is 1. The van der Waals surface area contributed by atoms with Crippen molar-refractivity contribution in [2.75, 3.05) is 6.61 Å². The van der Waals surface area contributed by atoms with E-state index in [0.29, 0.717) is 13.0 Å². The van der Waals surface area contributed by atoms with Gasteiger partial charge in [-0.2, -0.15) is 0 Å². The van der Waals surface area contributed by atoms with Crippen molar-refractivity contribution in [2.45, 2.75) is 51.6 Å². The minimum Gasteiger partial charge on any atom is -0.464 e. The van der Waals surface area contributed by atoms with Gasteiger partial charge in [0.05, 0.1) is 6.61 Å². The maximum absolute atomic E-state index is 11.1. The van der Waals surface area contributed by atoms with Crippen LogP contribution in [0.5, 0.6) is 0 Å². The van der Waals surface area contributed by atoms with Gasteiger partial charge in [0.1, 0.15) is 0 Å². The van der Waals surface area contributed by atoms with Crippen molar-refractivity contribution in [3.05, 3.63) is 11.6 Å². The molecule has 1 aliphatic carbocycles. The molecule has 0 aromatic carbocycles. The van der Waals surface area contributed by atoms with Crippen LogP contribution in [0.25, 0.3) is 0 Å². The summed E-state index contributed by atoms with van der Waals surface area (Å²) in [5.74, 6) is -0.492. The lowest BCUT2D eigenvalue weighted by Crippen LogP contribution is -2.23. The van der Waals surface area contributed by atoms with Gasteiger partial charge in [-0.25, -0.2) is 4.79 Å². The lowest BCUT2D eigenvalue weighted by molar-refractivity contribution is -0.153. The van der Waals surface area contributed by atoms with Crippen molar-refractivity contribution >= 4 is 5.97 Å². The Hall–Kier alpha value is -0.830. The van der Waals surface area contributed by atoms with Gasteiger partial charge in [-0.15, -0.1) is 0 Å². The molecule has 1 rings (SSSR count). The fourth-order valence-corrected chi connectivity index (χ4v) is 1.81. The molecule has 1 atom stereocenters. The number of rotatable bonds is 5. The van der Waals surface area contributed by atoms with Crippen molar-refractivity contribution in [3.8, 4) is 0 Å². The fraction of sp³-hybridized carbons (Fsp3) is 0.750. The van der Waals surface area contributed by atoms with Crippen LogP contribution in [0.4, 0.5) is 0 Å². The maximum atomic E-state index is 11.1. The van der Waals surface area contributed by atoms with Gasteiger partial charge >= 0.3 is 5.97 Å². The van der Waals surface area contributed by atoms with Crippen LogP contribution >= 0.6 is 0 Å². The summed E-state index contributed by atoms with van der Waals surface area (Å²) in [4.78, 5) is 11.1. The topological polar surface area (TPSA) is 46.5 Å². The third kappa shape index (κ3) is 4.47. The van der Waals surface area contributed by atoms with Crippen LogP contribution < -0.4 is 0 Å². The van der Waals surface area contributed by atoms with E-state index < -0.39 is 12.1 Å². The molecule has 86 valence electrons. The second kappa shape index (κ2) is 6.62. The molecule has 1 unspecified atom stereocenters. The van der Waals surface area contributed by atoms with Gasteiger partial charge in [-0.1, -0.05) is 11.6 Å². The smallest absolute Gasteiger partial charge is 0.334 e. The van der Waals surface area contributed by atoms with Gasteiger partial charge in [0, 0.05) is 0 Å². The molecule has 15 heavy (non-hydrogen) atoms. The van der Waals surface area contributed by atoms with Crippen LogP contribution in [0.2, 0.25) is 0 Å². The first kappa shape index (κ1) is 12.2. The van der Waals surface area contributed by atoms with Gasteiger partial charge in [0.25, 0.3) is 0 Å². The van der Waals surface area contributed by atoms with E-state index >= 15 is 0 Å². The van der Waals surface area contributed by atoms with Crippen LogP contribution in [-0.2, 0) is 9.53 Å². The molecule has 0 aromatic heterocycles. The van der Waals surface area contributed by atoms with Crippen molar-refractivity contribution in [1.82, 2.24) is 0 Å².